The topological polar surface area (TPSA) is 90.8 Å². The van der Waals surface area contributed by atoms with Gasteiger partial charge in [0.2, 0.25) is 17.8 Å². The third-order valence-corrected chi connectivity index (χ3v) is 7.84. The first kappa shape index (κ1) is 31.3. The minimum absolute atomic E-state index is 0.261. The maximum absolute atomic E-state index is 13.4. The summed E-state index contributed by atoms with van der Waals surface area (Å²) in [4.78, 5) is 18.1. The summed E-state index contributed by atoms with van der Waals surface area (Å²) >= 11 is 12.5. The molecule has 0 atom stereocenters. The van der Waals surface area contributed by atoms with E-state index in [1.807, 2.05) is 24.3 Å². The van der Waals surface area contributed by atoms with E-state index in [1.165, 1.54) is 18.6 Å². The molecule has 4 aromatic rings. The summed E-state index contributed by atoms with van der Waals surface area (Å²) in [5.74, 6) is 1.49. The van der Waals surface area contributed by atoms with Crippen molar-refractivity contribution in [3.05, 3.63) is 87.7 Å². The van der Waals surface area contributed by atoms with Gasteiger partial charge < -0.3 is 19.9 Å². The second-order valence-electron chi connectivity index (χ2n) is 10.3. The number of aromatic nitrogens is 3. The van der Waals surface area contributed by atoms with Gasteiger partial charge in [-0.15, -0.1) is 0 Å². The van der Waals surface area contributed by atoms with Crippen LogP contribution >= 0.6 is 23.2 Å². The standard InChI is InChI=1S/C32H35Cl2FN8O/c1-3-42(4-2)27-15-9-22(29(19-27)44-21-23-8-10-24(33)18-28(23)34)20-36-41-31-38-30(37-26-13-11-25(35)12-14-26)39-32(40-31)43-16-6-5-7-17-43/h8-15,18-20H,3-7,16-17,21H2,1-2H3,(H2,37,38,39,40,41)/b36-20+. The Bertz CT molecular complexity index is 1580. The van der Waals surface area contributed by atoms with Crippen molar-refractivity contribution in [3.8, 4) is 5.75 Å². The molecule has 0 aliphatic carbocycles. The zero-order valence-corrected chi connectivity index (χ0v) is 26.2. The Labute approximate surface area is 267 Å². The van der Waals surface area contributed by atoms with Gasteiger partial charge in [0.25, 0.3) is 0 Å². The highest BCUT2D eigenvalue weighted by Crippen LogP contribution is 2.28. The first-order valence-electron chi connectivity index (χ1n) is 14.7. The highest BCUT2D eigenvalue weighted by molar-refractivity contribution is 6.35. The maximum Gasteiger partial charge on any atom is 0.250 e. The Morgan fingerprint density at radius 3 is 2.41 bits per heavy atom. The van der Waals surface area contributed by atoms with Crippen LogP contribution in [0.15, 0.2) is 65.8 Å². The van der Waals surface area contributed by atoms with Crippen LogP contribution in [-0.4, -0.2) is 47.3 Å². The first-order chi connectivity index (χ1) is 21.4. The van der Waals surface area contributed by atoms with Crippen LogP contribution in [0.5, 0.6) is 5.75 Å². The molecule has 1 fully saturated rings. The van der Waals surface area contributed by atoms with Crippen molar-refractivity contribution in [2.75, 3.05) is 46.7 Å². The molecule has 1 aromatic heterocycles. The number of halogens is 3. The Hall–Kier alpha value is -4.15. The van der Waals surface area contributed by atoms with Crippen molar-refractivity contribution in [2.45, 2.75) is 39.7 Å². The second kappa shape index (κ2) is 15.0. The van der Waals surface area contributed by atoms with Gasteiger partial charge in [-0.1, -0.05) is 29.3 Å². The predicted octanol–water partition coefficient (Wildman–Crippen LogP) is 7.92. The van der Waals surface area contributed by atoms with Crippen molar-refractivity contribution in [1.29, 1.82) is 0 Å². The highest BCUT2D eigenvalue weighted by atomic mass is 35.5. The van der Waals surface area contributed by atoms with Crippen LogP contribution in [0.1, 0.15) is 44.2 Å². The van der Waals surface area contributed by atoms with Crippen molar-refractivity contribution >= 4 is 58.6 Å². The SMILES string of the molecule is CCN(CC)c1ccc(/C=N/Nc2nc(Nc3ccc(F)cc3)nc(N3CCCCC3)n2)c(OCc2ccc(Cl)cc2Cl)c1. The summed E-state index contributed by atoms with van der Waals surface area (Å²) in [5, 5.41) is 8.71. The van der Waals surface area contributed by atoms with Gasteiger partial charge in [-0.3, -0.25) is 0 Å². The molecule has 12 heteroatoms. The number of hydrogen-bond acceptors (Lipinski definition) is 9. The molecule has 230 valence electrons. The van der Waals surface area contributed by atoms with Crippen molar-refractivity contribution in [3.63, 3.8) is 0 Å². The van der Waals surface area contributed by atoms with E-state index >= 15 is 0 Å². The molecule has 0 unspecified atom stereocenters. The number of piperidine rings is 1. The van der Waals surface area contributed by atoms with Crippen LogP contribution < -0.4 is 25.3 Å². The Kier molecular flexibility index (Phi) is 10.7. The van der Waals surface area contributed by atoms with E-state index in [4.69, 9.17) is 27.9 Å². The van der Waals surface area contributed by atoms with E-state index in [0.717, 1.165) is 55.8 Å². The number of rotatable bonds is 12. The zero-order chi connectivity index (χ0) is 30.9. The largest absolute Gasteiger partial charge is 0.488 e. The minimum Gasteiger partial charge on any atom is -0.488 e. The van der Waals surface area contributed by atoms with Crippen LogP contribution in [0.25, 0.3) is 0 Å². The third kappa shape index (κ3) is 8.27. The molecule has 2 heterocycles. The molecule has 0 saturated carbocycles. The fourth-order valence-electron chi connectivity index (χ4n) is 4.86. The molecule has 1 aliphatic heterocycles. The lowest BCUT2D eigenvalue weighted by atomic mass is 10.1. The monoisotopic (exact) mass is 636 g/mol. The van der Waals surface area contributed by atoms with E-state index in [2.05, 4.69) is 54.4 Å². The van der Waals surface area contributed by atoms with E-state index < -0.39 is 0 Å². The van der Waals surface area contributed by atoms with Gasteiger partial charge in [-0.2, -0.15) is 20.1 Å². The van der Waals surface area contributed by atoms with Crippen molar-refractivity contribution in [1.82, 2.24) is 15.0 Å². The fraction of sp³-hybridized carbons (Fsp3) is 0.312. The molecule has 2 N–H and O–H groups in total. The summed E-state index contributed by atoms with van der Waals surface area (Å²) in [6, 6.07) is 17.4. The molecule has 3 aromatic carbocycles. The predicted molar refractivity (Wildman–Crippen MR) is 178 cm³/mol. The quantitative estimate of drug-likeness (QED) is 0.120. The van der Waals surface area contributed by atoms with Crippen molar-refractivity contribution in [2.24, 2.45) is 5.10 Å². The van der Waals surface area contributed by atoms with Crippen LogP contribution in [0.4, 0.5) is 33.6 Å². The number of nitrogens with zero attached hydrogens (tertiary/aromatic N) is 6. The number of hydrazone groups is 1. The van der Waals surface area contributed by atoms with E-state index in [1.54, 1.807) is 30.5 Å². The summed E-state index contributed by atoms with van der Waals surface area (Å²) in [6.07, 6.45) is 4.99. The van der Waals surface area contributed by atoms with Gasteiger partial charge in [-0.25, -0.2) is 9.82 Å². The Morgan fingerprint density at radius 1 is 0.932 bits per heavy atom. The molecule has 1 aliphatic rings. The second-order valence-corrected chi connectivity index (χ2v) is 11.1. The average Bonchev–Trinajstić information content (AvgIpc) is 3.03. The van der Waals surface area contributed by atoms with Gasteiger partial charge in [0.1, 0.15) is 18.2 Å². The van der Waals surface area contributed by atoms with Crippen LogP contribution in [-0.2, 0) is 6.61 Å². The first-order valence-corrected chi connectivity index (χ1v) is 15.5. The number of ether oxygens (including phenoxy) is 1. The third-order valence-electron chi connectivity index (χ3n) is 7.26. The minimum atomic E-state index is -0.318. The molecule has 1 saturated heterocycles. The van der Waals surface area contributed by atoms with Crippen molar-refractivity contribution < 1.29 is 9.13 Å². The van der Waals surface area contributed by atoms with Gasteiger partial charge in [0.15, 0.2) is 0 Å². The lowest BCUT2D eigenvalue weighted by Crippen LogP contribution is -2.31. The number of nitrogens with one attached hydrogen (secondary N) is 2. The Morgan fingerprint density at radius 2 is 1.68 bits per heavy atom. The van der Waals surface area contributed by atoms with Gasteiger partial charge in [-0.05, 0) is 81.6 Å². The summed E-state index contributed by atoms with van der Waals surface area (Å²) in [5.41, 5.74) is 6.24. The van der Waals surface area contributed by atoms with Crippen LogP contribution in [0.3, 0.4) is 0 Å². The van der Waals surface area contributed by atoms with E-state index in [0.29, 0.717) is 33.4 Å². The molecule has 5 rings (SSSR count). The fourth-order valence-corrected chi connectivity index (χ4v) is 5.33. The van der Waals surface area contributed by atoms with Gasteiger partial charge >= 0.3 is 0 Å². The number of benzene rings is 3. The van der Waals surface area contributed by atoms with Crippen LogP contribution in [0.2, 0.25) is 10.0 Å². The molecule has 0 radical (unpaired) electrons. The van der Waals surface area contributed by atoms with Crippen LogP contribution in [0, 0.1) is 5.82 Å². The number of hydrogen-bond donors (Lipinski definition) is 2. The molecular formula is C32H35Cl2FN8O. The van der Waals surface area contributed by atoms with E-state index in [-0.39, 0.29) is 18.4 Å². The molecular weight excluding hydrogens is 602 g/mol. The van der Waals surface area contributed by atoms with Gasteiger partial charge in [0.05, 0.1) is 6.21 Å². The average molecular weight is 638 g/mol. The molecule has 44 heavy (non-hydrogen) atoms. The Balaban J connectivity index is 1.39. The molecule has 0 amide bonds. The summed E-state index contributed by atoms with van der Waals surface area (Å²) < 4.78 is 19.7. The summed E-state index contributed by atoms with van der Waals surface area (Å²) in [6.45, 7) is 7.94. The highest BCUT2D eigenvalue weighted by Gasteiger charge is 2.17. The molecule has 0 bridgehead atoms. The molecule has 0 spiro atoms. The lowest BCUT2D eigenvalue weighted by molar-refractivity contribution is 0.306. The maximum atomic E-state index is 13.4. The number of anilines is 5. The van der Waals surface area contributed by atoms with Gasteiger partial charge in [0, 0.05) is 64.8 Å². The molecule has 9 nitrogen and oxygen atoms in total. The summed E-state index contributed by atoms with van der Waals surface area (Å²) in [7, 11) is 0. The van der Waals surface area contributed by atoms with E-state index in [9.17, 15) is 4.39 Å². The zero-order valence-electron chi connectivity index (χ0n) is 24.7. The lowest BCUT2D eigenvalue weighted by Gasteiger charge is -2.26. The smallest absolute Gasteiger partial charge is 0.250 e. The normalized spacial score (nSPS) is 13.2.